The summed E-state index contributed by atoms with van der Waals surface area (Å²) in [6, 6.07) is 15.2. The molecule has 0 aromatic heterocycles. The molecule has 0 spiro atoms. The van der Waals surface area contributed by atoms with Gasteiger partial charge in [-0.2, -0.15) is 0 Å². The van der Waals surface area contributed by atoms with Gasteiger partial charge in [-0.15, -0.1) is 0 Å². The van der Waals surface area contributed by atoms with Crippen LogP contribution in [0.2, 0.25) is 0 Å². The fourth-order valence-electron chi connectivity index (χ4n) is 2.71. The Labute approximate surface area is 134 Å². The van der Waals surface area contributed by atoms with Crippen molar-refractivity contribution < 1.29 is 13.5 Å². The van der Waals surface area contributed by atoms with Crippen molar-refractivity contribution in [3.8, 4) is 5.75 Å². The highest BCUT2D eigenvalue weighted by molar-refractivity contribution is 5.65. The summed E-state index contributed by atoms with van der Waals surface area (Å²) in [4.78, 5) is 1.92. The number of hydrogen-bond acceptors (Lipinski definition) is 3. The molecule has 1 saturated heterocycles. The highest BCUT2D eigenvalue weighted by Gasteiger charge is 2.34. The average molecular weight is 318 g/mol. The molecule has 1 heterocycles. The molecule has 1 fully saturated rings. The van der Waals surface area contributed by atoms with Crippen molar-refractivity contribution in [1.29, 1.82) is 0 Å². The van der Waals surface area contributed by atoms with E-state index in [-0.39, 0.29) is 12.8 Å². The average Bonchev–Trinajstić information content (AvgIpc) is 2.55. The smallest absolute Gasteiger partial charge is 0.251 e. The maximum atomic E-state index is 13.4. The number of piperidine rings is 1. The second-order valence-corrected chi connectivity index (χ2v) is 5.84. The van der Waals surface area contributed by atoms with Gasteiger partial charge in [0.1, 0.15) is 12.4 Å². The summed E-state index contributed by atoms with van der Waals surface area (Å²) in [5.74, 6) is -1.89. The number of anilines is 2. The van der Waals surface area contributed by atoms with Crippen LogP contribution >= 0.6 is 0 Å². The maximum Gasteiger partial charge on any atom is 0.251 e. The predicted molar refractivity (Wildman–Crippen MR) is 88.0 cm³/mol. The molecule has 2 aromatic rings. The Balaban J connectivity index is 1.75. The summed E-state index contributed by atoms with van der Waals surface area (Å²) < 4.78 is 32.6. The monoisotopic (exact) mass is 318 g/mol. The molecule has 23 heavy (non-hydrogen) atoms. The second-order valence-electron chi connectivity index (χ2n) is 5.84. The van der Waals surface area contributed by atoms with Gasteiger partial charge in [0, 0.05) is 31.6 Å². The summed E-state index contributed by atoms with van der Waals surface area (Å²) in [5.41, 5.74) is 8.31. The Morgan fingerprint density at radius 3 is 2.43 bits per heavy atom. The molecule has 2 N–H and O–H groups in total. The van der Waals surface area contributed by atoms with E-state index in [4.69, 9.17) is 10.5 Å². The topological polar surface area (TPSA) is 38.5 Å². The number of hydrogen-bond donors (Lipinski definition) is 1. The van der Waals surface area contributed by atoms with E-state index in [1.165, 1.54) is 0 Å². The van der Waals surface area contributed by atoms with Crippen LogP contribution in [-0.4, -0.2) is 19.0 Å². The molecule has 122 valence electrons. The third-order valence-electron chi connectivity index (χ3n) is 4.06. The van der Waals surface area contributed by atoms with E-state index in [0.29, 0.717) is 31.1 Å². The molecule has 5 heteroatoms. The fraction of sp³-hybridized carbons (Fsp3) is 0.333. The summed E-state index contributed by atoms with van der Waals surface area (Å²) >= 11 is 0. The van der Waals surface area contributed by atoms with Crippen molar-refractivity contribution in [2.24, 2.45) is 0 Å². The van der Waals surface area contributed by atoms with Crippen molar-refractivity contribution in [2.75, 3.05) is 23.7 Å². The van der Waals surface area contributed by atoms with Gasteiger partial charge in [-0.3, -0.25) is 0 Å². The van der Waals surface area contributed by atoms with Gasteiger partial charge in [0.15, 0.2) is 0 Å². The summed E-state index contributed by atoms with van der Waals surface area (Å²) in [6.45, 7) is 1.04. The number of alkyl halides is 2. The zero-order valence-electron chi connectivity index (χ0n) is 12.8. The molecule has 3 rings (SSSR count). The van der Waals surface area contributed by atoms with Gasteiger partial charge in [-0.05, 0) is 23.8 Å². The number of nitrogen functional groups attached to an aromatic ring is 1. The van der Waals surface area contributed by atoms with E-state index in [1.807, 2.05) is 35.2 Å². The lowest BCUT2D eigenvalue weighted by Crippen LogP contribution is -2.39. The van der Waals surface area contributed by atoms with Crippen LogP contribution in [0.1, 0.15) is 18.4 Å². The van der Waals surface area contributed by atoms with Gasteiger partial charge in [-0.1, -0.05) is 30.3 Å². The molecule has 0 unspecified atom stereocenters. The fourth-order valence-corrected chi connectivity index (χ4v) is 2.71. The zero-order valence-corrected chi connectivity index (χ0v) is 12.8. The minimum atomic E-state index is -2.57. The van der Waals surface area contributed by atoms with Crippen molar-refractivity contribution in [1.82, 2.24) is 0 Å². The molecule has 0 radical (unpaired) electrons. The van der Waals surface area contributed by atoms with Gasteiger partial charge in [-0.25, -0.2) is 8.78 Å². The largest absolute Gasteiger partial charge is 0.487 e. The van der Waals surface area contributed by atoms with E-state index in [1.54, 1.807) is 18.2 Å². The highest BCUT2D eigenvalue weighted by atomic mass is 19.3. The normalized spacial score (nSPS) is 17.0. The highest BCUT2D eigenvalue weighted by Crippen LogP contribution is 2.36. The summed E-state index contributed by atoms with van der Waals surface area (Å²) in [7, 11) is 0. The number of nitrogens with two attached hydrogens (primary N) is 1. The number of halogens is 2. The predicted octanol–water partition coefficient (Wildman–Crippen LogP) is 4.08. The first kappa shape index (κ1) is 15.6. The zero-order chi connectivity index (χ0) is 16.3. The van der Waals surface area contributed by atoms with E-state index in [2.05, 4.69) is 0 Å². The van der Waals surface area contributed by atoms with Crippen LogP contribution in [-0.2, 0) is 6.61 Å². The lowest BCUT2D eigenvalue weighted by molar-refractivity contribution is -0.0221. The molecule has 1 aliphatic heterocycles. The van der Waals surface area contributed by atoms with Gasteiger partial charge in [0.05, 0.1) is 5.69 Å². The lowest BCUT2D eigenvalue weighted by Gasteiger charge is -2.34. The van der Waals surface area contributed by atoms with Crippen molar-refractivity contribution in [3.05, 3.63) is 54.1 Å². The van der Waals surface area contributed by atoms with Crippen molar-refractivity contribution >= 4 is 11.4 Å². The Morgan fingerprint density at radius 2 is 1.74 bits per heavy atom. The number of nitrogens with zero attached hydrogens (tertiary/aromatic N) is 1. The molecule has 0 saturated carbocycles. The first-order valence-electron chi connectivity index (χ1n) is 7.72. The van der Waals surface area contributed by atoms with Crippen LogP contribution in [0.4, 0.5) is 20.2 Å². The molecule has 0 amide bonds. The van der Waals surface area contributed by atoms with Gasteiger partial charge < -0.3 is 15.4 Å². The molecule has 1 aliphatic rings. The quantitative estimate of drug-likeness (QED) is 0.863. The van der Waals surface area contributed by atoms with Crippen molar-refractivity contribution in [2.45, 2.75) is 25.4 Å². The molecule has 2 aromatic carbocycles. The number of benzene rings is 2. The van der Waals surface area contributed by atoms with Crippen LogP contribution in [0.5, 0.6) is 5.75 Å². The van der Waals surface area contributed by atoms with E-state index in [9.17, 15) is 8.78 Å². The van der Waals surface area contributed by atoms with E-state index in [0.717, 1.165) is 11.3 Å². The summed E-state index contributed by atoms with van der Waals surface area (Å²) in [6.07, 6.45) is -0.278. The van der Waals surface area contributed by atoms with E-state index < -0.39 is 5.92 Å². The molecular formula is C18H20F2N2O. The maximum absolute atomic E-state index is 13.4. The first-order valence-corrected chi connectivity index (χ1v) is 7.72. The van der Waals surface area contributed by atoms with Crippen LogP contribution in [0.25, 0.3) is 0 Å². The van der Waals surface area contributed by atoms with Crippen LogP contribution < -0.4 is 15.4 Å². The van der Waals surface area contributed by atoms with Crippen molar-refractivity contribution in [3.63, 3.8) is 0 Å². The third-order valence-corrected chi connectivity index (χ3v) is 4.06. The van der Waals surface area contributed by atoms with Gasteiger partial charge >= 0.3 is 0 Å². The third kappa shape index (κ3) is 3.92. The molecule has 3 nitrogen and oxygen atoms in total. The summed E-state index contributed by atoms with van der Waals surface area (Å²) in [5, 5.41) is 0. The Hall–Kier alpha value is -2.30. The van der Waals surface area contributed by atoms with E-state index >= 15 is 0 Å². The second kappa shape index (κ2) is 6.44. The minimum Gasteiger partial charge on any atom is -0.487 e. The molecular weight excluding hydrogens is 298 g/mol. The molecule has 0 bridgehead atoms. The number of rotatable bonds is 4. The van der Waals surface area contributed by atoms with Crippen LogP contribution in [0, 0.1) is 0 Å². The Morgan fingerprint density at radius 1 is 1.04 bits per heavy atom. The molecule has 0 atom stereocenters. The van der Waals surface area contributed by atoms with Crippen LogP contribution in [0.15, 0.2) is 48.5 Å². The standard InChI is InChI=1S/C18H20F2N2O/c19-18(20)8-10-22(11-9-18)16-12-15(21)6-7-17(16)23-13-14-4-2-1-3-5-14/h1-7,12H,8-11,13,21H2. The Bertz CT molecular complexity index is 651. The van der Waals surface area contributed by atoms with Gasteiger partial charge in [0.25, 0.3) is 5.92 Å². The molecule has 0 aliphatic carbocycles. The first-order chi connectivity index (χ1) is 11.0. The minimum absolute atomic E-state index is 0.139. The Kier molecular flexibility index (Phi) is 4.37. The van der Waals surface area contributed by atoms with Gasteiger partial charge in [0.2, 0.25) is 0 Å². The lowest BCUT2D eigenvalue weighted by atomic mass is 10.1. The SMILES string of the molecule is Nc1ccc(OCc2ccccc2)c(N2CCC(F)(F)CC2)c1. The number of ether oxygens (including phenoxy) is 1. The van der Waals surface area contributed by atoms with Crippen LogP contribution in [0.3, 0.4) is 0 Å².